The van der Waals surface area contributed by atoms with E-state index in [1.807, 2.05) is 0 Å². The summed E-state index contributed by atoms with van der Waals surface area (Å²) in [5, 5.41) is 9.15. The number of carbonyl (C=O) groups is 1. The molecule has 2 aliphatic rings. The molecule has 1 fully saturated rings. The van der Waals surface area contributed by atoms with Gasteiger partial charge in [-0.3, -0.25) is 5.32 Å². The molecule has 0 unspecified atom stereocenters. The van der Waals surface area contributed by atoms with Gasteiger partial charge in [0.05, 0.1) is 11.8 Å². The maximum absolute atomic E-state index is 13.6. The van der Waals surface area contributed by atoms with Gasteiger partial charge in [0, 0.05) is 11.1 Å². The predicted molar refractivity (Wildman–Crippen MR) is 102 cm³/mol. The molecule has 0 aromatic heterocycles. The van der Waals surface area contributed by atoms with Crippen LogP contribution in [-0.2, 0) is 16.2 Å². The zero-order valence-electron chi connectivity index (χ0n) is 15.5. The topological polar surface area (TPSA) is 154 Å². The molecule has 2 heterocycles. The average molecular weight is 456 g/mol. The average Bonchev–Trinajstić information content (AvgIpc) is 3.37. The van der Waals surface area contributed by atoms with Crippen LogP contribution in [0.4, 0.5) is 18.0 Å². The van der Waals surface area contributed by atoms with Gasteiger partial charge in [0.1, 0.15) is 11.1 Å². The van der Waals surface area contributed by atoms with Crippen molar-refractivity contribution in [1.82, 2.24) is 27.2 Å². The number of primary sulfonamides is 1. The van der Waals surface area contributed by atoms with E-state index >= 15 is 0 Å². The Balaban J connectivity index is 1.89. The molecule has 2 aromatic carbocycles. The van der Waals surface area contributed by atoms with Crippen molar-refractivity contribution in [3.05, 3.63) is 59.3 Å². The molecular formula is C17H17F3N7O3S+. The first-order valence-corrected chi connectivity index (χ1v) is 10.3. The molecule has 0 aliphatic carbocycles. The molecule has 2 amide bonds. The second-order valence-electron chi connectivity index (χ2n) is 6.75. The number of hydrogen-bond donors (Lipinski definition) is 7. The second-order valence-corrected chi connectivity index (χ2v) is 8.25. The first kappa shape index (κ1) is 21.4. The van der Waals surface area contributed by atoms with Gasteiger partial charge < -0.3 is 0 Å². The molecule has 2 aliphatic heterocycles. The summed E-state index contributed by atoms with van der Waals surface area (Å²) in [5.41, 5.74) is 10.6. The quantitative estimate of drug-likeness (QED) is 0.334. The number of hydrazine groups is 3. The fourth-order valence-electron chi connectivity index (χ4n) is 3.45. The minimum atomic E-state index is -4.94. The lowest BCUT2D eigenvalue weighted by Crippen LogP contribution is -2.84. The smallest absolute Gasteiger partial charge is 0.276 e. The van der Waals surface area contributed by atoms with Crippen LogP contribution in [-0.4, -0.2) is 14.4 Å². The fraction of sp³-hybridized carbons (Fsp3) is 0.118. The van der Waals surface area contributed by atoms with Crippen LogP contribution in [0.15, 0.2) is 47.5 Å². The summed E-state index contributed by atoms with van der Waals surface area (Å²) < 4.78 is 65.3. The normalized spacial score (nSPS) is 17.7. The van der Waals surface area contributed by atoms with Crippen LogP contribution in [0.3, 0.4) is 0 Å². The third-order valence-electron chi connectivity index (χ3n) is 4.76. The lowest BCUT2D eigenvalue weighted by Gasteiger charge is -2.22. The summed E-state index contributed by atoms with van der Waals surface area (Å²) in [7, 11) is -4.76. The van der Waals surface area contributed by atoms with Crippen LogP contribution >= 0.6 is 0 Å². The minimum absolute atomic E-state index is 0.203. The van der Waals surface area contributed by atoms with Crippen LogP contribution in [0.25, 0.3) is 16.8 Å². The first-order valence-electron chi connectivity index (χ1n) is 8.80. The molecule has 164 valence electrons. The summed E-state index contributed by atoms with van der Waals surface area (Å²) in [6.07, 6.45) is -4.45. The number of rotatable bonds is 4. The number of carbonyl (C=O) groups excluding carboxylic acids is 1. The Morgan fingerprint density at radius 3 is 2.10 bits per heavy atom. The number of benzene rings is 2. The number of amides is 2. The molecule has 10 nitrogen and oxygen atoms in total. The number of hydrogen-bond acceptors (Lipinski definition) is 7. The molecule has 0 atom stereocenters. The SMILES string of the molecule is NS(=O)(=O)c1c(C(F)(F)F)ccc(-c2ccc(C3=CNC(=O)[NH2+]3)cc2)c1C1NNNN1. The molecule has 9 N–H and O–H groups in total. The van der Waals surface area contributed by atoms with Crippen LogP contribution in [0, 0.1) is 0 Å². The van der Waals surface area contributed by atoms with Crippen molar-refractivity contribution in [3.8, 4) is 11.1 Å². The number of nitrogens with one attached hydrogen (secondary N) is 5. The number of urea groups is 1. The van der Waals surface area contributed by atoms with Gasteiger partial charge >= 0.3 is 12.2 Å². The number of nitrogens with two attached hydrogens (primary N) is 2. The highest BCUT2D eigenvalue weighted by molar-refractivity contribution is 7.89. The standard InChI is InChI=1S/C17H16F3N7O3S/c18-17(19,20)11-6-5-10(13(14(11)31(21,29)30)15-24-26-27-25-15)8-1-3-9(4-2-8)12-7-22-16(28)23-12/h1-7,15,24-27H,(H2,21,29,30)(H2,22,23,28)/p+1. The van der Waals surface area contributed by atoms with Gasteiger partial charge in [-0.25, -0.2) is 34.5 Å². The van der Waals surface area contributed by atoms with Crippen molar-refractivity contribution < 1.29 is 31.7 Å². The number of quaternary nitrogens is 1. The third kappa shape index (κ3) is 4.17. The van der Waals surface area contributed by atoms with E-state index in [1.54, 1.807) is 24.3 Å². The molecule has 0 bridgehead atoms. The minimum Gasteiger partial charge on any atom is -0.276 e. The van der Waals surface area contributed by atoms with Gasteiger partial charge in [0.2, 0.25) is 10.0 Å². The monoisotopic (exact) mass is 456 g/mol. The number of halogens is 3. The van der Waals surface area contributed by atoms with Crippen molar-refractivity contribution in [2.24, 2.45) is 5.14 Å². The Morgan fingerprint density at radius 1 is 0.968 bits per heavy atom. The van der Waals surface area contributed by atoms with E-state index in [9.17, 15) is 26.4 Å². The van der Waals surface area contributed by atoms with Crippen LogP contribution in [0.5, 0.6) is 0 Å². The van der Waals surface area contributed by atoms with Gasteiger partial charge in [-0.15, -0.1) is 0 Å². The van der Waals surface area contributed by atoms with E-state index in [4.69, 9.17) is 5.14 Å². The summed E-state index contributed by atoms with van der Waals surface area (Å²) in [4.78, 5) is 10.3. The van der Waals surface area contributed by atoms with E-state index < -0.39 is 32.8 Å². The summed E-state index contributed by atoms with van der Waals surface area (Å²) in [6, 6.07) is 8.18. The van der Waals surface area contributed by atoms with E-state index in [-0.39, 0.29) is 17.2 Å². The summed E-state index contributed by atoms with van der Waals surface area (Å²) in [6.45, 7) is 0. The number of primary amides is 1. The highest BCUT2D eigenvalue weighted by Gasteiger charge is 2.40. The molecule has 0 saturated carbocycles. The molecule has 14 heteroatoms. The maximum Gasteiger partial charge on any atom is 0.422 e. The van der Waals surface area contributed by atoms with Crippen LogP contribution < -0.4 is 37.7 Å². The zero-order valence-corrected chi connectivity index (χ0v) is 16.4. The van der Waals surface area contributed by atoms with Crippen molar-refractivity contribution in [1.29, 1.82) is 0 Å². The molecule has 1 saturated heterocycles. The maximum atomic E-state index is 13.6. The molecule has 0 spiro atoms. The largest absolute Gasteiger partial charge is 0.422 e. The van der Waals surface area contributed by atoms with Crippen LogP contribution in [0.1, 0.15) is 22.9 Å². The molecule has 31 heavy (non-hydrogen) atoms. The van der Waals surface area contributed by atoms with Crippen LogP contribution in [0.2, 0.25) is 0 Å². The summed E-state index contributed by atoms with van der Waals surface area (Å²) in [5.74, 6) is 0. The Morgan fingerprint density at radius 2 is 1.58 bits per heavy atom. The van der Waals surface area contributed by atoms with E-state index in [1.165, 1.54) is 17.6 Å². The summed E-state index contributed by atoms with van der Waals surface area (Å²) >= 11 is 0. The Bertz CT molecular complexity index is 1170. The highest BCUT2D eigenvalue weighted by Crippen LogP contribution is 2.41. The van der Waals surface area contributed by atoms with Gasteiger partial charge in [-0.2, -0.15) is 24.2 Å². The highest BCUT2D eigenvalue weighted by atomic mass is 32.2. The van der Waals surface area contributed by atoms with E-state index in [2.05, 4.69) is 27.2 Å². The lowest BCUT2D eigenvalue weighted by molar-refractivity contribution is -0.448. The van der Waals surface area contributed by atoms with Crippen molar-refractivity contribution in [3.63, 3.8) is 0 Å². The van der Waals surface area contributed by atoms with Gasteiger partial charge in [-0.1, -0.05) is 18.2 Å². The van der Waals surface area contributed by atoms with Crippen molar-refractivity contribution in [2.75, 3.05) is 0 Å². The number of alkyl halides is 3. The van der Waals surface area contributed by atoms with Gasteiger partial charge in [0.25, 0.3) is 0 Å². The predicted octanol–water partition coefficient (Wildman–Crippen LogP) is -0.280. The zero-order chi connectivity index (χ0) is 22.4. The second kappa shape index (κ2) is 7.69. The van der Waals surface area contributed by atoms with Gasteiger partial charge in [0.15, 0.2) is 5.70 Å². The van der Waals surface area contributed by atoms with E-state index in [0.717, 1.165) is 0 Å². The molecule has 0 radical (unpaired) electrons. The molecular weight excluding hydrogens is 439 g/mol. The number of sulfonamides is 1. The molecule has 4 rings (SSSR count). The lowest BCUT2D eigenvalue weighted by atomic mass is 9.94. The Hall–Kier alpha value is -2.85. The first-order chi connectivity index (χ1) is 14.6. The third-order valence-corrected chi connectivity index (χ3v) is 5.76. The van der Waals surface area contributed by atoms with Crippen molar-refractivity contribution >= 4 is 21.8 Å². The van der Waals surface area contributed by atoms with E-state index in [0.29, 0.717) is 22.9 Å². The Kier molecular flexibility index (Phi) is 5.30. The Labute approximate surface area is 174 Å². The fourth-order valence-corrected chi connectivity index (χ4v) is 4.47. The molecule has 2 aromatic rings. The van der Waals surface area contributed by atoms with Crippen molar-refractivity contribution in [2.45, 2.75) is 17.2 Å². The van der Waals surface area contributed by atoms with Gasteiger partial charge in [-0.05, 0) is 29.3 Å².